The molecule has 0 saturated carbocycles. The Kier molecular flexibility index (Phi) is 9.58. The lowest BCUT2D eigenvalue weighted by Crippen LogP contribution is -2.49. The van der Waals surface area contributed by atoms with Crippen molar-refractivity contribution in [2.75, 3.05) is 24.4 Å². The van der Waals surface area contributed by atoms with Gasteiger partial charge in [0.25, 0.3) is 5.91 Å². The zero-order chi connectivity index (χ0) is 31.8. The first kappa shape index (κ1) is 30.6. The summed E-state index contributed by atoms with van der Waals surface area (Å²) in [6.07, 6.45) is 1.87. The molecule has 1 atom stereocenters. The van der Waals surface area contributed by atoms with E-state index in [2.05, 4.69) is 20.9 Å². The molecule has 0 unspecified atom stereocenters. The molecule has 5 rings (SSSR count). The highest BCUT2D eigenvalue weighted by Gasteiger charge is 2.26. The summed E-state index contributed by atoms with van der Waals surface area (Å²) in [7, 11) is 3.23. The lowest BCUT2D eigenvalue weighted by atomic mass is 10.0. The molecule has 0 aliphatic heterocycles. The highest BCUT2D eigenvalue weighted by Crippen LogP contribution is 2.26. The number of carbonyl (C=O) groups excluding carboxylic acids is 3. The Hall–Kier alpha value is -5.84. The van der Waals surface area contributed by atoms with Crippen molar-refractivity contribution in [1.29, 1.82) is 0 Å². The molecule has 0 aliphatic carbocycles. The minimum Gasteiger partial charge on any atom is -0.497 e. The maximum atomic E-state index is 13.6. The zero-order valence-electron chi connectivity index (χ0n) is 24.7. The van der Waals surface area contributed by atoms with E-state index in [-0.39, 0.29) is 18.9 Å². The summed E-state index contributed by atoms with van der Waals surface area (Å²) < 4.78 is 19.9. The summed E-state index contributed by atoms with van der Waals surface area (Å²) >= 11 is 0. The first-order valence-corrected chi connectivity index (χ1v) is 14.1. The fraction of sp³-hybridized carbons (Fsp3) is 0.147. The number of hydrogen-bond donors (Lipinski definition) is 2. The molecular formula is C34H31FN6O4. The van der Waals surface area contributed by atoms with Gasteiger partial charge in [-0.15, -0.1) is 5.10 Å². The molecule has 5 aromatic rings. The molecule has 2 N–H and O–H groups in total. The van der Waals surface area contributed by atoms with E-state index in [1.807, 2.05) is 30.3 Å². The van der Waals surface area contributed by atoms with Crippen LogP contribution >= 0.6 is 0 Å². The Morgan fingerprint density at radius 2 is 1.60 bits per heavy atom. The maximum Gasteiger partial charge on any atom is 0.255 e. The first-order valence-electron chi connectivity index (χ1n) is 14.1. The average Bonchev–Trinajstić information content (AvgIpc) is 3.52. The van der Waals surface area contributed by atoms with Gasteiger partial charge in [0.15, 0.2) is 0 Å². The SMILES string of the molecule is COc1ccc(N(C)C(=O)[C@H](Cc2ccccc2)NC(=O)Cn2cc(-c3ccccc3NC(=O)c3ccc(F)cc3)nn2)cc1. The van der Waals surface area contributed by atoms with Crippen molar-refractivity contribution in [1.82, 2.24) is 20.3 Å². The van der Waals surface area contributed by atoms with Crippen LogP contribution in [0.15, 0.2) is 109 Å². The normalized spacial score (nSPS) is 11.4. The Morgan fingerprint density at radius 1 is 0.911 bits per heavy atom. The van der Waals surface area contributed by atoms with E-state index in [0.29, 0.717) is 33.9 Å². The summed E-state index contributed by atoms with van der Waals surface area (Å²) in [5.41, 5.74) is 3.31. The van der Waals surface area contributed by atoms with Gasteiger partial charge in [-0.1, -0.05) is 53.7 Å². The van der Waals surface area contributed by atoms with Gasteiger partial charge in [-0.25, -0.2) is 9.07 Å². The number of nitrogens with zero attached hydrogens (tertiary/aromatic N) is 4. The van der Waals surface area contributed by atoms with Crippen molar-refractivity contribution in [3.63, 3.8) is 0 Å². The van der Waals surface area contributed by atoms with Crippen molar-refractivity contribution in [3.05, 3.63) is 126 Å². The second-order valence-electron chi connectivity index (χ2n) is 10.2. The number of halogens is 1. The van der Waals surface area contributed by atoms with Crippen molar-refractivity contribution < 1.29 is 23.5 Å². The lowest BCUT2D eigenvalue weighted by Gasteiger charge is -2.25. The van der Waals surface area contributed by atoms with Crippen molar-refractivity contribution >= 4 is 29.1 Å². The highest BCUT2D eigenvalue weighted by atomic mass is 19.1. The van der Waals surface area contributed by atoms with Gasteiger partial charge in [0.2, 0.25) is 11.8 Å². The molecule has 0 aliphatic rings. The van der Waals surface area contributed by atoms with Crippen LogP contribution in [0.5, 0.6) is 5.75 Å². The smallest absolute Gasteiger partial charge is 0.255 e. The minimum absolute atomic E-state index is 0.193. The molecule has 0 spiro atoms. The molecule has 3 amide bonds. The molecule has 0 bridgehead atoms. The third-order valence-electron chi connectivity index (χ3n) is 7.11. The number of ether oxygens (including phenoxy) is 1. The third-order valence-corrected chi connectivity index (χ3v) is 7.11. The number of nitrogens with one attached hydrogen (secondary N) is 2. The molecule has 10 nitrogen and oxygen atoms in total. The van der Waals surface area contributed by atoms with E-state index in [1.165, 1.54) is 33.8 Å². The standard InChI is InChI=1S/C34H31FN6O4/c1-40(26-16-18-27(45-2)19-17-26)34(44)30(20-23-8-4-3-5-9-23)36-32(42)22-41-21-31(38-39-41)28-10-6-7-11-29(28)37-33(43)24-12-14-25(35)15-13-24/h3-19,21,30H,20,22H2,1-2H3,(H,36,42)(H,37,43)/t30-/m0/s1. The van der Waals surface area contributed by atoms with Crippen LogP contribution in [0, 0.1) is 5.82 Å². The third kappa shape index (κ3) is 7.77. The number of para-hydroxylation sites is 1. The van der Waals surface area contributed by atoms with Crippen LogP contribution in [0.1, 0.15) is 15.9 Å². The molecule has 45 heavy (non-hydrogen) atoms. The van der Waals surface area contributed by atoms with Gasteiger partial charge < -0.3 is 20.3 Å². The number of methoxy groups -OCH3 is 1. The molecule has 0 radical (unpaired) electrons. The van der Waals surface area contributed by atoms with Crippen LogP contribution in [0.3, 0.4) is 0 Å². The monoisotopic (exact) mass is 606 g/mol. The van der Waals surface area contributed by atoms with E-state index in [9.17, 15) is 18.8 Å². The average molecular weight is 607 g/mol. The van der Waals surface area contributed by atoms with E-state index in [4.69, 9.17) is 4.74 Å². The number of carbonyl (C=O) groups is 3. The number of amides is 3. The van der Waals surface area contributed by atoms with Crippen LogP contribution < -0.4 is 20.3 Å². The summed E-state index contributed by atoms with van der Waals surface area (Å²) in [6, 6.07) is 27.9. The molecule has 1 heterocycles. The van der Waals surface area contributed by atoms with E-state index in [0.717, 1.165) is 5.56 Å². The van der Waals surface area contributed by atoms with E-state index in [1.54, 1.807) is 68.9 Å². The van der Waals surface area contributed by atoms with Gasteiger partial charge in [-0.3, -0.25) is 14.4 Å². The second kappa shape index (κ2) is 14.1. The number of rotatable bonds is 11. The van der Waals surface area contributed by atoms with Crippen molar-refractivity contribution in [2.45, 2.75) is 19.0 Å². The Labute approximate surface area is 259 Å². The topological polar surface area (TPSA) is 118 Å². The Bertz CT molecular complexity index is 1770. The minimum atomic E-state index is -0.850. The molecule has 228 valence electrons. The van der Waals surface area contributed by atoms with E-state index < -0.39 is 23.7 Å². The molecule has 4 aromatic carbocycles. The second-order valence-corrected chi connectivity index (χ2v) is 10.2. The van der Waals surface area contributed by atoms with Crippen LogP contribution in [-0.4, -0.2) is 52.9 Å². The summed E-state index contributed by atoms with van der Waals surface area (Å²) in [5.74, 6) is -0.904. The van der Waals surface area contributed by atoms with E-state index >= 15 is 0 Å². The lowest BCUT2D eigenvalue weighted by molar-refractivity contribution is -0.127. The van der Waals surface area contributed by atoms with Crippen LogP contribution in [0.25, 0.3) is 11.3 Å². The summed E-state index contributed by atoms with van der Waals surface area (Å²) in [4.78, 5) is 41.1. The number of likely N-dealkylation sites (N-methyl/N-ethyl adjacent to an activating group) is 1. The zero-order valence-corrected chi connectivity index (χ0v) is 24.7. The quantitative estimate of drug-likeness (QED) is 0.224. The van der Waals surface area contributed by atoms with Gasteiger partial charge in [0.1, 0.15) is 29.8 Å². The number of hydrogen-bond acceptors (Lipinski definition) is 6. The number of benzene rings is 4. The van der Waals surface area contributed by atoms with Crippen LogP contribution in [0.2, 0.25) is 0 Å². The fourth-order valence-electron chi connectivity index (χ4n) is 4.71. The van der Waals surface area contributed by atoms with Crippen LogP contribution in [-0.2, 0) is 22.6 Å². The Morgan fingerprint density at radius 3 is 2.31 bits per heavy atom. The summed E-state index contributed by atoms with van der Waals surface area (Å²) in [5, 5.41) is 14.0. The first-order chi connectivity index (χ1) is 21.8. The van der Waals surface area contributed by atoms with Gasteiger partial charge in [0, 0.05) is 30.3 Å². The van der Waals surface area contributed by atoms with Gasteiger partial charge in [-0.2, -0.15) is 0 Å². The molecule has 11 heteroatoms. The molecular weight excluding hydrogens is 575 g/mol. The van der Waals surface area contributed by atoms with Crippen LogP contribution in [0.4, 0.5) is 15.8 Å². The highest BCUT2D eigenvalue weighted by molar-refractivity contribution is 6.06. The fourth-order valence-corrected chi connectivity index (χ4v) is 4.71. The predicted molar refractivity (Wildman–Crippen MR) is 168 cm³/mol. The van der Waals surface area contributed by atoms with Gasteiger partial charge >= 0.3 is 0 Å². The maximum absolute atomic E-state index is 13.6. The molecule has 0 fully saturated rings. The van der Waals surface area contributed by atoms with Crippen molar-refractivity contribution in [3.8, 4) is 17.0 Å². The largest absolute Gasteiger partial charge is 0.497 e. The molecule has 1 aromatic heterocycles. The molecule has 0 saturated heterocycles. The van der Waals surface area contributed by atoms with Gasteiger partial charge in [0.05, 0.1) is 19.0 Å². The van der Waals surface area contributed by atoms with Crippen molar-refractivity contribution in [2.24, 2.45) is 0 Å². The number of anilines is 2. The van der Waals surface area contributed by atoms with Gasteiger partial charge in [-0.05, 0) is 60.2 Å². The predicted octanol–water partition coefficient (Wildman–Crippen LogP) is 4.74. The summed E-state index contributed by atoms with van der Waals surface area (Å²) in [6.45, 7) is -0.193. The Balaban J connectivity index is 1.29. The number of aromatic nitrogens is 3.